The van der Waals surface area contributed by atoms with E-state index in [0.29, 0.717) is 19.3 Å². The van der Waals surface area contributed by atoms with Crippen molar-refractivity contribution in [2.45, 2.75) is 63.3 Å². The van der Waals surface area contributed by atoms with Crippen molar-refractivity contribution in [1.82, 2.24) is 0 Å². The molecule has 0 fully saturated rings. The second kappa shape index (κ2) is 14.8. The molecule has 0 aromatic heterocycles. The molecule has 0 heterocycles. The van der Waals surface area contributed by atoms with Crippen LogP contribution >= 0.6 is 0 Å². The van der Waals surface area contributed by atoms with Crippen molar-refractivity contribution in [2.75, 3.05) is 0 Å². The molecule has 0 saturated carbocycles. The van der Waals surface area contributed by atoms with E-state index in [2.05, 4.69) is 0 Å². The molecule has 0 aliphatic heterocycles. The van der Waals surface area contributed by atoms with Gasteiger partial charge >= 0.3 is 5.97 Å². The highest BCUT2D eigenvalue weighted by Crippen LogP contribution is 2.08. The van der Waals surface area contributed by atoms with Gasteiger partial charge in [-0.2, -0.15) is 0 Å². The molecular formula is C23H32O5. The maximum absolute atomic E-state index is 10.4. The van der Waals surface area contributed by atoms with Crippen LogP contribution in [0.15, 0.2) is 66.8 Å². The van der Waals surface area contributed by atoms with Gasteiger partial charge < -0.3 is 20.4 Å². The lowest BCUT2D eigenvalue weighted by atomic mass is 10.0. The molecule has 0 aliphatic rings. The molecule has 28 heavy (non-hydrogen) atoms. The van der Waals surface area contributed by atoms with E-state index >= 15 is 0 Å². The lowest BCUT2D eigenvalue weighted by Crippen LogP contribution is -2.24. The Balaban J connectivity index is 2.15. The Kier molecular flexibility index (Phi) is 12.6. The zero-order valence-corrected chi connectivity index (χ0v) is 16.2. The van der Waals surface area contributed by atoms with Gasteiger partial charge in [0.2, 0.25) is 0 Å². The molecule has 0 radical (unpaired) electrons. The highest BCUT2D eigenvalue weighted by atomic mass is 16.4. The van der Waals surface area contributed by atoms with Gasteiger partial charge in [-0.25, -0.2) is 0 Å². The average Bonchev–Trinajstić information content (AvgIpc) is 2.68. The summed E-state index contributed by atoms with van der Waals surface area (Å²) in [5, 5.41) is 38.2. The third kappa shape index (κ3) is 12.2. The van der Waals surface area contributed by atoms with Crippen molar-refractivity contribution in [2.24, 2.45) is 0 Å². The summed E-state index contributed by atoms with van der Waals surface area (Å²) in [7, 11) is 0. The van der Waals surface area contributed by atoms with E-state index < -0.39 is 24.3 Å². The molecule has 0 aliphatic carbocycles. The third-order valence-corrected chi connectivity index (χ3v) is 4.27. The lowest BCUT2D eigenvalue weighted by molar-refractivity contribution is -0.137. The fourth-order valence-electron chi connectivity index (χ4n) is 2.62. The van der Waals surface area contributed by atoms with E-state index in [-0.39, 0.29) is 6.42 Å². The van der Waals surface area contributed by atoms with Crippen LogP contribution in [0.3, 0.4) is 0 Å². The van der Waals surface area contributed by atoms with Gasteiger partial charge in [-0.3, -0.25) is 4.79 Å². The second-order valence-corrected chi connectivity index (χ2v) is 6.75. The third-order valence-electron chi connectivity index (χ3n) is 4.27. The number of aliphatic hydroxyl groups is 3. The quantitative estimate of drug-likeness (QED) is 0.222. The molecule has 5 nitrogen and oxygen atoms in total. The molecule has 154 valence electrons. The van der Waals surface area contributed by atoms with Gasteiger partial charge in [-0.15, -0.1) is 0 Å². The van der Waals surface area contributed by atoms with Crippen LogP contribution in [0.4, 0.5) is 0 Å². The number of aliphatic carboxylic acids is 1. The largest absolute Gasteiger partial charge is 0.481 e. The molecule has 0 bridgehead atoms. The van der Waals surface area contributed by atoms with Gasteiger partial charge in [0, 0.05) is 6.42 Å². The van der Waals surface area contributed by atoms with Crippen LogP contribution in [0.25, 0.3) is 0 Å². The standard InChI is InChI=1S/C23H32O5/c24-20(14-10-16-23(27)28)13-8-3-1-2-4-9-15-21(25)22(26)18-17-19-11-6-5-7-12-19/h2,4-9,11-13,15,20-22,24-26H,1,3,10,14,16-18H2,(H,27,28)/b4-2+,13-8+,15-9+/t20-,21+,22-/m1/s1. The van der Waals surface area contributed by atoms with Crippen LogP contribution in [-0.2, 0) is 11.2 Å². The molecule has 0 saturated heterocycles. The summed E-state index contributed by atoms with van der Waals surface area (Å²) in [5.74, 6) is -0.844. The first kappa shape index (κ1) is 23.8. The molecule has 1 rings (SSSR count). The fourth-order valence-corrected chi connectivity index (χ4v) is 2.62. The summed E-state index contributed by atoms with van der Waals surface area (Å²) < 4.78 is 0. The van der Waals surface area contributed by atoms with Gasteiger partial charge in [0.25, 0.3) is 0 Å². The van der Waals surface area contributed by atoms with Crippen LogP contribution in [-0.4, -0.2) is 44.7 Å². The summed E-state index contributed by atoms with van der Waals surface area (Å²) in [6, 6.07) is 9.86. The van der Waals surface area contributed by atoms with E-state index in [4.69, 9.17) is 5.11 Å². The Morgan fingerprint density at radius 1 is 0.929 bits per heavy atom. The zero-order chi connectivity index (χ0) is 20.6. The van der Waals surface area contributed by atoms with Crippen LogP contribution in [0.1, 0.15) is 44.1 Å². The van der Waals surface area contributed by atoms with Crippen molar-refractivity contribution in [3.05, 3.63) is 72.4 Å². The average molecular weight is 389 g/mol. The topological polar surface area (TPSA) is 98.0 Å². The van der Waals surface area contributed by atoms with Crippen LogP contribution < -0.4 is 0 Å². The number of carboxylic acid groups (broad SMARTS) is 1. The molecule has 1 aromatic rings. The Morgan fingerprint density at radius 2 is 1.64 bits per heavy atom. The number of carbonyl (C=O) groups is 1. The second-order valence-electron chi connectivity index (χ2n) is 6.75. The smallest absolute Gasteiger partial charge is 0.303 e. The van der Waals surface area contributed by atoms with Crippen LogP contribution in [0.5, 0.6) is 0 Å². The summed E-state index contributed by atoms with van der Waals surface area (Å²) in [5.41, 5.74) is 1.14. The number of allylic oxidation sites excluding steroid dienone is 4. The minimum absolute atomic E-state index is 0.0762. The molecule has 1 aromatic carbocycles. The SMILES string of the molecule is O=C(O)CCC[C@H](O)/C=C/CC/C=C/C=C/[C@H](O)[C@H](O)CCc1ccccc1. The number of aliphatic hydroxyl groups excluding tert-OH is 3. The number of aryl methyl sites for hydroxylation is 1. The predicted molar refractivity (Wildman–Crippen MR) is 111 cm³/mol. The van der Waals surface area contributed by atoms with Crippen molar-refractivity contribution < 1.29 is 25.2 Å². The predicted octanol–water partition coefficient (Wildman–Crippen LogP) is 3.41. The van der Waals surface area contributed by atoms with E-state index in [0.717, 1.165) is 24.8 Å². The molecule has 5 heteroatoms. The monoisotopic (exact) mass is 388 g/mol. The number of hydrogen-bond donors (Lipinski definition) is 4. The maximum atomic E-state index is 10.4. The molecule has 0 unspecified atom stereocenters. The first-order chi connectivity index (χ1) is 13.5. The minimum atomic E-state index is -0.894. The van der Waals surface area contributed by atoms with Crippen molar-refractivity contribution in [1.29, 1.82) is 0 Å². The van der Waals surface area contributed by atoms with E-state index in [1.165, 1.54) is 0 Å². The molecular weight excluding hydrogens is 356 g/mol. The van der Waals surface area contributed by atoms with E-state index in [1.807, 2.05) is 48.6 Å². The summed E-state index contributed by atoms with van der Waals surface area (Å²) in [4.78, 5) is 10.4. The highest BCUT2D eigenvalue weighted by molar-refractivity contribution is 5.66. The van der Waals surface area contributed by atoms with Crippen molar-refractivity contribution >= 4 is 5.97 Å². The van der Waals surface area contributed by atoms with Gasteiger partial charge in [0.1, 0.15) is 0 Å². The molecule has 3 atom stereocenters. The van der Waals surface area contributed by atoms with E-state index in [1.54, 1.807) is 18.2 Å². The summed E-state index contributed by atoms with van der Waals surface area (Å²) >= 11 is 0. The van der Waals surface area contributed by atoms with Gasteiger partial charge in [0.15, 0.2) is 0 Å². The Bertz CT molecular complexity index is 621. The number of carboxylic acids is 1. The molecule has 0 spiro atoms. The highest BCUT2D eigenvalue weighted by Gasteiger charge is 2.12. The Labute approximate surface area is 167 Å². The molecule has 0 amide bonds. The normalized spacial score (nSPS) is 15.4. The number of rotatable bonds is 14. The zero-order valence-electron chi connectivity index (χ0n) is 16.2. The fraction of sp³-hybridized carbons (Fsp3) is 0.435. The Hall–Kier alpha value is -2.21. The van der Waals surface area contributed by atoms with Crippen LogP contribution in [0.2, 0.25) is 0 Å². The Morgan fingerprint density at radius 3 is 2.36 bits per heavy atom. The van der Waals surface area contributed by atoms with Crippen molar-refractivity contribution in [3.63, 3.8) is 0 Å². The van der Waals surface area contributed by atoms with Gasteiger partial charge in [-0.1, -0.05) is 66.8 Å². The minimum Gasteiger partial charge on any atom is -0.481 e. The molecule has 4 N–H and O–H groups in total. The maximum Gasteiger partial charge on any atom is 0.303 e. The number of benzene rings is 1. The van der Waals surface area contributed by atoms with Crippen LogP contribution in [0, 0.1) is 0 Å². The summed E-state index contributed by atoms with van der Waals surface area (Å²) in [6.45, 7) is 0. The first-order valence-corrected chi connectivity index (χ1v) is 9.79. The van der Waals surface area contributed by atoms with Crippen molar-refractivity contribution in [3.8, 4) is 0 Å². The first-order valence-electron chi connectivity index (χ1n) is 9.79. The van der Waals surface area contributed by atoms with Gasteiger partial charge in [0.05, 0.1) is 18.3 Å². The lowest BCUT2D eigenvalue weighted by Gasteiger charge is -2.14. The van der Waals surface area contributed by atoms with E-state index in [9.17, 15) is 20.1 Å². The summed E-state index contributed by atoms with van der Waals surface area (Å²) in [6.07, 6.45) is 12.1. The van der Waals surface area contributed by atoms with Gasteiger partial charge in [-0.05, 0) is 44.1 Å². The number of unbranched alkanes of at least 4 members (excludes halogenated alkanes) is 1. The number of hydrogen-bond acceptors (Lipinski definition) is 4.